The summed E-state index contributed by atoms with van der Waals surface area (Å²) in [5.74, 6) is 1.38. The quantitative estimate of drug-likeness (QED) is 0.874. The Morgan fingerprint density at radius 3 is 2.75 bits per heavy atom. The van der Waals surface area contributed by atoms with Crippen molar-refractivity contribution in [2.75, 3.05) is 13.6 Å². The van der Waals surface area contributed by atoms with Crippen molar-refractivity contribution in [3.63, 3.8) is 0 Å². The zero-order chi connectivity index (χ0) is 14.8. The van der Waals surface area contributed by atoms with Crippen LogP contribution in [0.5, 0.6) is 0 Å². The molecule has 0 radical (unpaired) electrons. The smallest absolute Gasteiger partial charge is 0.0931 e. The van der Waals surface area contributed by atoms with E-state index in [1.165, 1.54) is 30.6 Å². The van der Waals surface area contributed by atoms with E-state index in [1.54, 1.807) is 11.3 Å². The van der Waals surface area contributed by atoms with Crippen LogP contribution in [0.1, 0.15) is 44.4 Å². The van der Waals surface area contributed by atoms with Crippen LogP contribution in [0.2, 0.25) is 4.34 Å². The van der Waals surface area contributed by atoms with E-state index in [0.29, 0.717) is 11.8 Å². The Morgan fingerprint density at radius 2 is 2.20 bits per heavy atom. The molecule has 114 valence electrons. The summed E-state index contributed by atoms with van der Waals surface area (Å²) in [5.41, 5.74) is 6.42. The van der Waals surface area contributed by atoms with Gasteiger partial charge >= 0.3 is 0 Å². The lowest BCUT2D eigenvalue weighted by Crippen LogP contribution is -2.59. The molecule has 0 amide bonds. The van der Waals surface area contributed by atoms with E-state index in [9.17, 15) is 0 Å². The van der Waals surface area contributed by atoms with Gasteiger partial charge in [0.2, 0.25) is 0 Å². The van der Waals surface area contributed by atoms with E-state index in [4.69, 9.17) is 17.3 Å². The van der Waals surface area contributed by atoms with Crippen molar-refractivity contribution in [3.8, 4) is 0 Å². The fourth-order valence-corrected chi connectivity index (χ4v) is 5.06. The number of hydrogen-bond acceptors (Lipinski definition) is 3. The van der Waals surface area contributed by atoms with Gasteiger partial charge in [0.25, 0.3) is 0 Å². The average Bonchev–Trinajstić information content (AvgIpc) is 2.83. The average molecular weight is 315 g/mol. The summed E-state index contributed by atoms with van der Waals surface area (Å²) in [5, 5.41) is 0. The van der Waals surface area contributed by atoms with Crippen molar-refractivity contribution in [2.24, 2.45) is 17.6 Å². The lowest BCUT2D eigenvalue weighted by atomic mass is 9.67. The van der Waals surface area contributed by atoms with Gasteiger partial charge in [-0.15, -0.1) is 11.3 Å². The monoisotopic (exact) mass is 314 g/mol. The molecule has 0 aliphatic heterocycles. The maximum absolute atomic E-state index is 6.26. The molecule has 2 atom stereocenters. The molecule has 0 bridgehead atoms. The van der Waals surface area contributed by atoms with Crippen LogP contribution in [-0.2, 0) is 6.54 Å². The number of nitrogens with zero attached hydrogens (tertiary/aromatic N) is 1. The van der Waals surface area contributed by atoms with Crippen molar-refractivity contribution in [3.05, 3.63) is 21.3 Å². The van der Waals surface area contributed by atoms with Crippen LogP contribution in [-0.4, -0.2) is 24.0 Å². The largest absolute Gasteiger partial charge is 0.329 e. The molecule has 0 saturated heterocycles. The molecule has 2 N–H and O–H groups in total. The molecule has 2 unspecified atom stereocenters. The molecule has 1 saturated carbocycles. The van der Waals surface area contributed by atoms with E-state index in [2.05, 4.69) is 31.9 Å². The van der Waals surface area contributed by atoms with E-state index in [-0.39, 0.29) is 5.54 Å². The third-order valence-corrected chi connectivity index (χ3v) is 6.22. The fraction of sp³-hybridized carbons (Fsp3) is 0.750. The first-order valence-electron chi connectivity index (χ1n) is 7.65. The summed E-state index contributed by atoms with van der Waals surface area (Å²) in [6.07, 6.45) is 5.19. The minimum absolute atomic E-state index is 0.156. The number of thiophene rings is 1. The SMILES string of the molecule is CC(C)C1CCCCC1(CN)N(C)Cc1ccc(Cl)s1. The van der Waals surface area contributed by atoms with Crippen LogP contribution in [0.3, 0.4) is 0 Å². The highest BCUT2D eigenvalue weighted by atomic mass is 35.5. The first-order valence-corrected chi connectivity index (χ1v) is 8.84. The molecule has 2 nitrogen and oxygen atoms in total. The molecular weight excluding hydrogens is 288 g/mol. The number of likely N-dealkylation sites (N-methyl/N-ethyl adjacent to an activating group) is 1. The number of nitrogens with two attached hydrogens (primary N) is 1. The van der Waals surface area contributed by atoms with Gasteiger partial charge < -0.3 is 5.73 Å². The second-order valence-corrected chi connectivity index (χ2v) is 8.27. The minimum atomic E-state index is 0.156. The molecule has 1 fully saturated rings. The van der Waals surface area contributed by atoms with Gasteiger partial charge in [-0.2, -0.15) is 0 Å². The van der Waals surface area contributed by atoms with Gasteiger partial charge in [0.05, 0.1) is 4.34 Å². The first kappa shape index (κ1) is 16.3. The molecule has 0 aromatic carbocycles. The second-order valence-electron chi connectivity index (χ2n) is 6.47. The Labute approximate surface area is 132 Å². The normalized spacial score (nSPS) is 27.4. The molecule has 0 spiro atoms. The maximum Gasteiger partial charge on any atom is 0.0931 e. The molecule has 1 aromatic rings. The van der Waals surface area contributed by atoms with E-state index in [0.717, 1.165) is 17.4 Å². The first-order chi connectivity index (χ1) is 9.49. The summed E-state index contributed by atoms with van der Waals surface area (Å²) < 4.78 is 0.874. The van der Waals surface area contributed by atoms with Gasteiger partial charge in [-0.25, -0.2) is 0 Å². The highest BCUT2D eigenvalue weighted by molar-refractivity contribution is 7.16. The topological polar surface area (TPSA) is 29.3 Å². The summed E-state index contributed by atoms with van der Waals surface area (Å²) in [6.45, 7) is 6.40. The Kier molecular flexibility index (Phi) is 5.52. The highest BCUT2D eigenvalue weighted by Gasteiger charge is 2.44. The molecule has 20 heavy (non-hydrogen) atoms. The van der Waals surface area contributed by atoms with Crippen LogP contribution in [0.15, 0.2) is 12.1 Å². The summed E-state index contributed by atoms with van der Waals surface area (Å²) in [7, 11) is 2.24. The zero-order valence-corrected chi connectivity index (χ0v) is 14.4. The molecule has 4 heteroatoms. The van der Waals surface area contributed by atoms with Crippen molar-refractivity contribution in [1.29, 1.82) is 0 Å². The summed E-state index contributed by atoms with van der Waals surface area (Å²) in [6, 6.07) is 4.13. The van der Waals surface area contributed by atoms with E-state index < -0.39 is 0 Å². The van der Waals surface area contributed by atoms with E-state index in [1.807, 2.05) is 6.07 Å². The molecule has 1 aliphatic carbocycles. The Balaban J connectivity index is 2.19. The van der Waals surface area contributed by atoms with Gasteiger partial charge in [0.15, 0.2) is 0 Å². The van der Waals surface area contributed by atoms with Crippen molar-refractivity contribution in [1.82, 2.24) is 4.90 Å². The second kappa shape index (κ2) is 6.78. The summed E-state index contributed by atoms with van der Waals surface area (Å²) in [4.78, 5) is 3.83. The number of halogens is 1. The third kappa shape index (κ3) is 3.22. The van der Waals surface area contributed by atoms with Crippen molar-refractivity contribution in [2.45, 2.75) is 51.6 Å². The van der Waals surface area contributed by atoms with Gasteiger partial charge in [0.1, 0.15) is 0 Å². The van der Waals surface area contributed by atoms with Crippen LogP contribution >= 0.6 is 22.9 Å². The van der Waals surface area contributed by atoms with Crippen LogP contribution < -0.4 is 5.73 Å². The van der Waals surface area contributed by atoms with E-state index >= 15 is 0 Å². The lowest BCUT2D eigenvalue weighted by Gasteiger charge is -2.51. The lowest BCUT2D eigenvalue weighted by molar-refractivity contribution is -0.00126. The van der Waals surface area contributed by atoms with Crippen molar-refractivity contribution >= 4 is 22.9 Å². The van der Waals surface area contributed by atoms with Gasteiger partial charge in [-0.3, -0.25) is 4.90 Å². The molecule has 1 heterocycles. The zero-order valence-electron chi connectivity index (χ0n) is 12.9. The van der Waals surface area contributed by atoms with Gasteiger partial charge in [-0.1, -0.05) is 38.3 Å². The minimum Gasteiger partial charge on any atom is -0.329 e. The predicted octanol–water partition coefficient (Wildman–Crippen LogP) is 4.38. The predicted molar refractivity (Wildman–Crippen MR) is 89.4 cm³/mol. The Bertz CT molecular complexity index is 432. The van der Waals surface area contributed by atoms with Crippen LogP contribution in [0.25, 0.3) is 0 Å². The number of hydrogen-bond donors (Lipinski definition) is 1. The Hall–Kier alpha value is -0.0900. The third-order valence-electron chi connectivity index (χ3n) is 5.01. The van der Waals surface area contributed by atoms with Gasteiger partial charge in [0, 0.05) is 23.5 Å². The van der Waals surface area contributed by atoms with Crippen LogP contribution in [0, 0.1) is 11.8 Å². The maximum atomic E-state index is 6.26. The molecule has 1 aliphatic rings. The summed E-state index contributed by atoms with van der Waals surface area (Å²) >= 11 is 7.73. The standard InChI is InChI=1S/C16H27ClN2S/c1-12(2)14-6-4-5-9-16(14,11-18)19(3)10-13-7-8-15(17)20-13/h7-8,12,14H,4-6,9-11,18H2,1-3H3. The highest BCUT2D eigenvalue weighted by Crippen LogP contribution is 2.42. The fourth-order valence-electron chi connectivity index (χ4n) is 3.91. The van der Waals surface area contributed by atoms with Crippen molar-refractivity contribution < 1.29 is 0 Å². The number of rotatable bonds is 5. The molecule has 1 aromatic heterocycles. The Morgan fingerprint density at radius 1 is 1.45 bits per heavy atom. The molecular formula is C16H27ClN2S. The van der Waals surface area contributed by atoms with Gasteiger partial charge in [-0.05, 0) is 43.9 Å². The molecule has 2 rings (SSSR count). The van der Waals surface area contributed by atoms with Crippen LogP contribution in [0.4, 0.5) is 0 Å².